The van der Waals surface area contributed by atoms with Gasteiger partial charge < -0.3 is 10.5 Å². The van der Waals surface area contributed by atoms with E-state index in [2.05, 4.69) is 5.10 Å². The fraction of sp³-hybridized carbons (Fsp3) is 0.375. The largest absolute Gasteiger partial charge is 0.468 e. The van der Waals surface area contributed by atoms with E-state index in [4.69, 9.17) is 10.5 Å². The van der Waals surface area contributed by atoms with Crippen molar-refractivity contribution in [3.8, 4) is 0 Å². The van der Waals surface area contributed by atoms with Gasteiger partial charge in [-0.1, -0.05) is 24.3 Å². The van der Waals surface area contributed by atoms with E-state index >= 15 is 0 Å². The fourth-order valence-electron chi connectivity index (χ4n) is 2.76. The highest BCUT2D eigenvalue weighted by molar-refractivity contribution is 5.84. The molecule has 0 saturated carbocycles. The van der Waals surface area contributed by atoms with Crippen LogP contribution in [0, 0.1) is 6.92 Å². The number of nitrogens with two attached hydrogens (primary N) is 1. The minimum absolute atomic E-state index is 0.180. The summed E-state index contributed by atoms with van der Waals surface area (Å²) in [6.45, 7) is 2.16. The third kappa shape index (κ3) is 2.83. The zero-order valence-electron chi connectivity index (χ0n) is 12.7. The second-order valence-electron chi connectivity index (χ2n) is 5.29. The van der Waals surface area contributed by atoms with E-state index in [1.54, 1.807) is 10.9 Å². The maximum Gasteiger partial charge on any atom is 0.317 e. The molecule has 1 heterocycles. The molecule has 5 nitrogen and oxygen atoms in total. The van der Waals surface area contributed by atoms with Crippen LogP contribution in [-0.4, -0.2) is 29.4 Å². The van der Waals surface area contributed by atoms with E-state index in [0.29, 0.717) is 6.42 Å². The number of aryl methyl sites for hydroxylation is 2. The molecule has 21 heavy (non-hydrogen) atoms. The second-order valence-corrected chi connectivity index (χ2v) is 5.29. The second kappa shape index (κ2) is 6.10. The lowest BCUT2D eigenvalue weighted by Gasteiger charge is -2.31. The third-order valence-electron chi connectivity index (χ3n) is 3.85. The molecule has 1 aromatic carbocycles. The Morgan fingerprint density at radius 2 is 2.14 bits per heavy atom. The van der Waals surface area contributed by atoms with Crippen molar-refractivity contribution in [3.05, 3.63) is 53.3 Å². The third-order valence-corrected chi connectivity index (χ3v) is 3.85. The molecule has 0 amide bonds. The summed E-state index contributed by atoms with van der Waals surface area (Å²) < 4.78 is 6.76. The van der Waals surface area contributed by atoms with E-state index in [0.717, 1.165) is 16.7 Å². The number of ether oxygens (including phenoxy) is 1. The first-order valence-electron chi connectivity index (χ1n) is 6.85. The van der Waals surface area contributed by atoms with E-state index in [-0.39, 0.29) is 12.5 Å². The highest BCUT2D eigenvalue weighted by Gasteiger charge is 2.41. The summed E-state index contributed by atoms with van der Waals surface area (Å²) in [6, 6.07) is 7.78. The van der Waals surface area contributed by atoms with Crippen molar-refractivity contribution in [2.45, 2.75) is 18.8 Å². The maximum absolute atomic E-state index is 12.5. The van der Waals surface area contributed by atoms with Crippen molar-refractivity contribution in [1.29, 1.82) is 0 Å². The van der Waals surface area contributed by atoms with Crippen LogP contribution in [0.1, 0.15) is 16.7 Å². The van der Waals surface area contributed by atoms with Crippen molar-refractivity contribution < 1.29 is 9.53 Å². The molecule has 0 radical (unpaired) electrons. The molecule has 1 unspecified atom stereocenters. The molecule has 2 rings (SSSR count). The molecular weight excluding hydrogens is 266 g/mol. The van der Waals surface area contributed by atoms with Gasteiger partial charge in [-0.2, -0.15) is 5.10 Å². The quantitative estimate of drug-likeness (QED) is 0.843. The number of nitrogens with zero attached hydrogens (tertiary/aromatic N) is 2. The molecule has 0 aliphatic heterocycles. The minimum Gasteiger partial charge on any atom is -0.468 e. The molecule has 0 aliphatic carbocycles. The number of aromatic nitrogens is 2. The van der Waals surface area contributed by atoms with Gasteiger partial charge in [0.1, 0.15) is 5.41 Å². The molecule has 0 bridgehead atoms. The Hall–Kier alpha value is -2.14. The summed E-state index contributed by atoms with van der Waals surface area (Å²) in [7, 11) is 3.24. The van der Waals surface area contributed by atoms with Gasteiger partial charge >= 0.3 is 5.97 Å². The first kappa shape index (κ1) is 15.3. The van der Waals surface area contributed by atoms with Gasteiger partial charge in [-0.3, -0.25) is 9.48 Å². The SMILES string of the molecule is COC(=O)C(CN)(Cc1cnn(C)c1)c1ccccc1C. The van der Waals surface area contributed by atoms with E-state index in [9.17, 15) is 4.79 Å². The average molecular weight is 287 g/mol. The molecule has 5 heteroatoms. The van der Waals surface area contributed by atoms with Gasteiger partial charge in [0, 0.05) is 19.8 Å². The van der Waals surface area contributed by atoms with Crippen molar-refractivity contribution in [2.24, 2.45) is 12.8 Å². The highest BCUT2D eigenvalue weighted by atomic mass is 16.5. The van der Waals surface area contributed by atoms with Gasteiger partial charge in [-0.05, 0) is 30.0 Å². The number of carbonyl (C=O) groups excluding carboxylic acids is 1. The number of hydrogen-bond acceptors (Lipinski definition) is 4. The number of esters is 1. The Balaban J connectivity index is 2.53. The smallest absolute Gasteiger partial charge is 0.317 e. The van der Waals surface area contributed by atoms with E-state index in [1.165, 1.54) is 7.11 Å². The number of benzene rings is 1. The van der Waals surface area contributed by atoms with Gasteiger partial charge in [-0.25, -0.2) is 0 Å². The number of carbonyl (C=O) groups is 1. The summed E-state index contributed by atoms with van der Waals surface area (Å²) in [5.41, 5.74) is 8.01. The molecule has 2 aromatic rings. The van der Waals surface area contributed by atoms with Crippen LogP contribution < -0.4 is 5.73 Å². The van der Waals surface area contributed by atoms with Gasteiger partial charge in [0.2, 0.25) is 0 Å². The lowest BCUT2D eigenvalue weighted by atomic mass is 9.74. The van der Waals surface area contributed by atoms with E-state index in [1.807, 2.05) is 44.4 Å². The van der Waals surface area contributed by atoms with Crippen molar-refractivity contribution in [2.75, 3.05) is 13.7 Å². The van der Waals surface area contributed by atoms with Crippen LogP contribution in [0.25, 0.3) is 0 Å². The zero-order chi connectivity index (χ0) is 15.5. The van der Waals surface area contributed by atoms with Gasteiger partial charge in [0.05, 0.1) is 13.3 Å². The summed E-state index contributed by atoms with van der Waals surface area (Å²) in [5, 5.41) is 4.16. The highest BCUT2D eigenvalue weighted by Crippen LogP contribution is 2.31. The van der Waals surface area contributed by atoms with Gasteiger partial charge in [0.15, 0.2) is 0 Å². The van der Waals surface area contributed by atoms with Crippen LogP contribution in [0.4, 0.5) is 0 Å². The summed E-state index contributed by atoms with van der Waals surface area (Å²) in [4.78, 5) is 12.5. The van der Waals surface area contributed by atoms with Gasteiger partial charge in [-0.15, -0.1) is 0 Å². The Labute approximate surface area is 124 Å². The molecule has 2 N–H and O–H groups in total. The van der Waals surface area contributed by atoms with Crippen LogP contribution >= 0.6 is 0 Å². The predicted molar refractivity (Wildman–Crippen MR) is 80.8 cm³/mol. The maximum atomic E-state index is 12.5. The predicted octanol–water partition coefficient (Wildman–Crippen LogP) is 1.34. The average Bonchev–Trinajstić information content (AvgIpc) is 2.90. The molecule has 0 saturated heterocycles. The molecule has 0 aliphatic rings. The lowest BCUT2D eigenvalue weighted by Crippen LogP contribution is -2.46. The number of methoxy groups -OCH3 is 1. The summed E-state index contributed by atoms with van der Waals surface area (Å²) in [5.74, 6) is -0.317. The topological polar surface area (TPSA) is 70.1 Å². The Kier molecular flexibility index (Phi) is 4.43. The lowest BCUT2D eigenvalue weighted by molar-refractivity contribution is -0.147. The van der Waals surface area contributed by atoms with Crippen LogP contribution in [0.3, 0.4) is 0 Å². The van der Waals surface area contributed by atoms with Crippen molar-refractivity contribution in [1.82, 2.24) is 9.78 Å². The zero-order valence-corrected chi connectivity index (χ0v) is 12.7. The summed E-state index contributed by atoms with van der Waals surface area (Å²) in [6.07, 6.45) is 4.12. The molecule has 112 valence electrons. The Bertz CT molecular complexity index is 636. The first-order valence-corrected chi connectivity index (χ1v) is 6.85. The molecule has 0 fully saturated rings. The van der Waals surface area contributed by atoms with Gasteiger partial charge in [0.25, 0.3) is 0 Å². The molecule has 1 aromatic heterocycles. The normalized spacial score (nSPS) is 13.7. The standard InChI is InChI=1S/C16H21N3O2/c1-12-6-4-5-7-14(12)16(11-17,15(20)21-3)8-13-9-18-19(2)10-13/h4-7,9-10H,8,11,17H2,1-3H3. The number of rotatable bonds is 5. The molecule has 0 spiro atoms. The molecule has 1 atom stereocenters. The van der Waals surface area contributed by atoms with Crippen molar-refractivity contribution >= 4 is 5.97 Å². The minimum atomic E-state index is -0.886. The van der Waals surface area contributed by atoms with Crippen molar-refractivity contribution in [3.63, 3.8) is 0 Å². The summed E-state index contributed by atoms with van der Waals surface area (Å²) >= 11 is 0. The Morgan fingerprint density at radius 1 is 1.43 bits per heavy atom. The van der Waals surface area contributed by atoms with E-state index < -0.39 is 5.41 Å². The monoisotopic (exact) mass is 287 g/mol. The first-order chi connectivity index (χ1) is 10.0. The molecular formula is C16H21N3O2. The van der Waals surface area contributed by atoms with Crippen LogP contribution in [0.5, 0.6) is 0 Å². The van der Waals surface area contributed by atoms with Crippen LogP contribution in [-0.2, 0) is 28.4 Å². The van der Waals surface area contributed by atoms with Crippen LogP contribution in [0.2, 0.25) is 0 Å². The number of hydrogen-bond donors (Lipinski definition) is 1. The Morgan fingerprint density at radius 3 is 2.67 bits per heavy atom. The fourth-order valence-corrected chi connectivity index (χ4v) is 2.76. The van der Waals surface area contributed by atoms with Crippen LogP contribution in [0.15, 0.2) is 36.7 Å².